The molecule has 0 amide bonds. The Hall–Kier alpha value is -0.900. The summed E-state index contributed by atoms with van der Waals surface area (Å²) in [6.45, 7) is 11.3. The lowest BCUT2D eigenvalue weighted by molar-refractivity contribution is 0.0333. The molecule has 0 saturated carbocycles. The molecule has 0 aromatic heterocycles. The Morgan fingerprint density at radius 1 is 0.857 bits per heavy atom. The molecule has 0 radical (unpaired) electrons. The Kier molecular flexibility index (Phi) is 8.58. The normalized spacial score (nSPS) is 13.1. The summed E-state index contributed by atoms with van der Waals surface area (Å²) in [4.78, 5) is 0. The molecule has 1 atom stereocenters. The van der Waals surface area contributed by atoms with Gasteiger partial charge in [-0.2, -0.15) is 0 Å². The fourth-order valence-electron chi connectivity index (χ4n) is 2.12. The van der Waals surface area contributed by atoms with Gasteiger partial charge in [0.15, 0.2) is 0 Å². The van der Waals surface area contributed by atoms with Crippen LogP contribution in [0.2, 0.25) is 0 Å². The number of hydrogen-bond acceptors (Lipinski definition) is 3. The van der Waals surface area contributed by atoms with Crippen LogP contribution in [0.1, 0.15) is 44.9 Å². The van der Waals surface area contributed by atoms with E-state index in [4.69, 9.17) is 15.2 Å². The molecule has 0 aliphatic heterocycles. The highest BCUT2D eigenvalue weighted by atomic mass is 16.5. The van der Waals surface area contributed by atoms with Gasteiger partial charge in [0.25, 0.3) is 0 Å². The van der Waals surface area contributed by atoms with Crippen LogP contribution >= 0.6 is 0 Å². The third-order valence-corrected chi connectivity index (χ3v) is 3.17. The Morgan fingerprint density at radius 2 is 1.43 bits per heavy atom. The van der Waals surface area contributed by atoms with E-state index in [1.54, 1.807) is 0 Å². The third kappa shape index (κ3) is 8.20. The molecule has 120 valence electrons. The first-order valence-corrected chi connectivity index (χ1v) is 7.99. The first-order valence-electron chi connectivity index (χ1n) is 7.99. The average molecular weight is 293 g/mol. The Bertz CT molecular complexity index is 373. The molecule has 21 heavy (non-hydrogen) atoms. The fourth-order valence-corrected chi connectivity index (χ4v) is 2.12. The van der Waals surface area contributed by atoms with Crippen LogP contribution in [-0.4, -0.2) is 26.4 Å². The highest BCUT2D eigenvalue weighted by Crippen LogP contribution is 2.14. The van der Waals surface area contributed by atoms with Gasteiger partial charge in [0.1, 0.15) is 0 Å². The molecule has 1 aromatic carbocycles. The second kappa shape index (κ2) is 9.93. The largest absolute Gasteiger partial charge is 0.379 e. The topological polar surface area (TPSA) is 44.5 Å². The van der Waals surface area contributed by atoms with Gasteiger partial charge in [-0.25, -0.2) is 0 Å². The first-order chi connectivity index (χ1) is 9.99. The molecule has 3 heteroatoms. The highest BCUT2D eigenvalue weighted by molar-refractivity contribution is 5.25. The standard InChI is InChI=1S/C18H31NO2/c1-14(2)11-16-5-7-17(8-6-16)18(19)13-21-10-9-20-12-15(3)4/h5-8,14-15,18H,9-13,19H2,1-4H3. The predicted molar refractivity (Wildman–Crippen MR) is 88.4 cm³/mol. The molecule has 3 nitrogen and oxygen atoms in total. The van der Waals surface area contributed by atoms with Gasteiger partial charge in [0, 0.05) is 6.61 Å². The predicted octanol–water partition coefficient (Wildman–Crippen LogP) is 3.57. The fraction of sp³-hybridized carbons (Fsp3) is 0.667. The molecule has 0 saturated heterocycles. The lowest BCUT2D eigenvalue weighted by atomic mass is 10.00. The number of rotatable bonds is 10. The van der Waals surface area contributed by atoms with Crippen LogP contribution in [0.15, 0.2) is 24.3 Å². The van der Waals surface area contributed by atoms with Crippen LogP contribution in [0.4, 0.5) is 0 Å². The maximum atomic E-state index is 6.14. The summed E-state index contributed by atoms with van der Waals surface area (Å²) in [5, 5.41) is 0. The second-order valence-corrected chi connectivity index (χ2v) is 6.49. The minimum Gasteiger partial charge on any atom is -0.379 e. The summed E-state index contributed by atoms with van der Waals surface area (Å²) in [5.41, 5.74) is 8.64. The minimum absolute atomic E-state index is 0.0665. The van der Waals surface area contributed by atoms with Gasteiger partial charge in [0.2, 0.25) is 0 Å². The zero-order valence-corrected chi connectivity index (χ0v) is 14.0. The van der Waals surface area contributed by atoms with Gasteiger partial charge in [-0.1, -0.05) is 52.0 Å². The first kappa shape index (κ1) is 18.1. The Morgan fingerprint density at radius 3 is 1.95 bits per heavy atom. The lowest BCUT2D eigenvalue weighted by Gasteiger charge is -2.14. The molecule has 0 fully saturated rings. The molecule has 1 aromatic rings. The summed E-state index contributed by atoms with van der Waals surface area (Å²) >= 11 is 0. The van der Waals surface area contributed by atoms with Gasteiger partial charge < -0.3 is 15.2 Å². The quantitative estimate of drug-likeness (QED) is 0.671. The maximum absolute atomic E-state index is 6.14. The van der Waals surface area contributed by atoms with E-state index in [1.165, 1.54) is 5.56 Å². The molecule has 0 aliphatic carbocycles. The molecule has 0 bridgehead atoms. The van der Waals surface area contributed by atoms with Gasteiger partial charge in [-0.05, 0) is 29.4 Å². The van der Waals surface area contributed by atoms with E-state index in [-0.39, 0.29) is 6.04 Å². The van der Waals surface area contributed by atoms with Crippen molar-refractivity contribution in [1.82, 2.24) is 0 Å². The molecule has 0 heterocycles. The molecule has 0 aliphatic rings. The van der Waals surface area contributed by atoms with Gasteiger partial charge in [-0.3, -0.25) is 0 Å². The van der Waals surface area contributed by atoms with E-state index in [0.717, 1.165) is 18.6 Å². The summed E-state index contributed by atoms with van der Waals surface area (Å²) in [5.74, 6) is 1.25. The van der Waals surface area contributed by atoms with Crippen molar-refractivity contribution in [2.75, 3.05) is 26.4 Å². The minimum atomic E-state index is -0.0665. The molecular weight excluding hydrogens is 262 g/mol. The van der Waals surface area contributed by atoms with E-state index in [1.807, 2.05) is 0 Å². The van der Waals surface area contributed by atoms with Crippen molar-refractivity contribution in [1.29, 1.82) is 0 Å². The van der Waals surface area contributed by atoms with E-state index in [9.17, 15) is 0 Å². The van der Waals surface area contributed by atoms with Crippen molar-refractivity contribution in [3.8, 4) is 0 Å². The maximum Gasteiger partial charge on any atom is 0.0701 e. The summed E-state index contributed by atoms with van der Waals surface area (Å²) in [6, 6.07) is 8.49. The van der Waals surface area contributed by atoms with Crippen LogP contribution < -0.4 is 5.73 Å². The highest BCUT2D eigenvalue weighted by Gasteiger charge is 2.06. The van der Waals surface area contributed by atoms with Crippen molar-refractivity contribution in [3.63, 3.8) is 0 Å². The van der Waals surface area contributed by atoms with Crippen molar-refractivity contribution in [2.45, 2.75) is 40.2 Å². The number of ether oxygens (including phenoxy) is 2. The van der Waals surface area contributed by atoms with Crippen LogP contribution in [0, 0.1) is 11.8 Å². The zero-order chi connectivity index (χ0) is 15.7. The van der Waals surface area contributed by atoms with E-state index >= 15 is 0 Å². The molecule has 0 spiro atoms. The molecule has 2 N–H and O–H groups in total. The smallest absolute Gasteiger partial charge is 0.0701 e. The van der Waals surface area contributed by atoms with Crippen molar-refractivity contribution in [3.05, 3.63) is 35.4 Å². The second-order valence-electron chi connectivity index (χ2n) is 6.49. The van der Waals surface area contributed by atoms with Crippen molar-refractivity contribution >= 4 is 0 Å². The van der Waals surface area contributed by atoms with Crippen LogP contribution in [0.5, 0.6) is 0 Å². The summed E-state index contributed by atoms with van der Waals surface area (Å²) in [6.07, 6.45) is 1.11. The van der Waals surface area contributed by atoms with E-state index in [0.29, 0.717) is 31.7 Å². The number of nitrogens with two attached hydrogens (primary N) is 1. The zero-order valence-electron chi connectivity index (χ0n) is 14.0. The summed E-state index contributed by atoms with van der Waals surface area (Å²) in [7, 11) is 0. The van der Waals surface area contributed by atoms with Crippen molar-refractivity contribution < 1.29 is 9.47 Å². The third-order valence-electron chi connectivity index (χ3n) is 3.17. The number of benzene rings is 1. The average Bonchev–Trinajstić information content (AvgIpc) is 2.42. The van der Waals surface area contributed by atoms with E-state index in [2.05, 4.69) is 52.0 Å². The van der Waals surface area contributed by atoms with Crippen LogP contribution in [0.3, 0.4) is 0 Å². The summed E-state index contributed by atoms with van der Waals surface area (Å²) < 4.78 is 11.0. The molecular formula is C18H31NO2. The lowest BCUT2D eigenvalue weighted by Crippen LogP contribution is -2.19. The Balaban J connectivity index is 2.24. The Labute approximate surface area is 129 Å². The van der Waals surface area contributed by atoms with Crippen LogP contribution in [0.25, 0.3) is 0 Å². The van der Waals surface area contributed by atoms with Crippen LogP contribution in [-0.2, 0) is 15.9 Å². The molecule has 1 unspecified atom stereocenters. The van der Waals surface area contributed by atoms with Gasteiger partial charge in [0.05, 0.1) is 25.9 Å². The monoisotopic (exact) mass is 293 g/mol. The SMILES string of the molecule is CC(C)COCCOCC(N)c1ccc(CC(C)C)cc1. The number of hydrogen-bond donors (Lipinski definition) is 1. The molecule has 1 rings (SSSR count). The van der Waals surface area contributed by atoms with Crippen molar-refractivity contribution in [2.24, 2.45) is 17.6 Å². The van der Waals surface area contributed by atoms with Gasteiger partial charge in [-0.15, -0.1) is 0 Å². The van der Waals surface area contributed by atoms with Gasteiger partial charge >= 0.3 is 0 Å². The van der Waals surface area contributed by atoms with E-state index < -0.39 is 0 Å².